The lowest BCUT2D eigenvalue weighted by Gasteiger charge is -2.44. The van der Waals surface area contributed by atoms with Gasteiger partial charge in [-0.3, -0.25) is 4.98 Å². The van der Waals surface area contributed by atoms with Crippen LogP contribution in [0.4, 0.5) is 4.79 Å². The first kappa shape index (κ1) is 20.1. The molecular weight excluding hydrogens is 336 g/mol. The second-order valence-electron chi connectivity index (χ2n) is 8.43. The minimum absolute atomic E-state index is 0.0598. The van der Waals surface area contributed by atoms with Gasteiger partial charge in [0.05, 0.1) is 11.6 Å². The second-order valence-corrected chi connectivity index (χ2v) is 8.43. The molecule has 2 fully saturated rings. The zero-order valence-electron chi connectivity index (χ0n) is 17.1. The molecule has 1 saturated carbocycles. The van der Waals surface area contributed by atoms with Gasteiger partial charge in [0.25, 0.3) is 0 Å². The van der Waals surface area contributed by atoms with Crippen LogP contribution in [-0.2, 0) is 0 Å². The average Bonchev–Trinajstić information content (AvgIpc) is 2.70. The summed E-state index contributed by atoms with van der Waals surface area (Å²) in [6.45, 7) is 5.50. The molecule has 2 aliphatic rings. The van der Waals surface area contributed by atoms with Crippen LogP contribution < -0.4 is 5.32 Å². The normalized spacial score (nSPS) is 21.4. The summed E-state index contributed by atoms with van der Waals surface area (Å²) >= 11 is 0. The van der Waals surface area contributed by atoms with Crippen LogP contribution in [0.3, 0.4) is 0 Å². The standard InChI is InChI=1S/C22H36N4O/c1-3-20(19-11-10-14-23-17-19)25(2)21(27)24-22(12-6-4-7-13-22)18-26-15-8-5-9-16-26/h10-11,14,17,20H,3-9,12-13,15-16,18H2,1-2H3,(H,24,27)/t20-/m1/s1. The Morgan fingerprint density at radius 2 is 1.93 bits per heavy atom. The SMILES string of the molecule is CC[C@H](c1cccnc1)N(C)C(=O)NC1(CN2CCCCC2)CCCCC1. The number of nitrogens with one attached hydrogen (secondary N) is 1. The zero-order valence-corrected chi connectivity index (χ0v) is 17.1. The summed E-state index contributed by atoms with van der Waals surface area (Å²) in [5.74, 6) is 0. The molecule has 1 aliphatic carbocycles. The van der Waals surface area contributed by atoms with Crippen molar-refractivity contribution in [2.24, 2.45) is 0 Å². The summed E-state index contributed by atoms with van der Waals surface area (Å²) in [6.07, 6.45) is 14.4. The Balaban J connectivity index is 1.69. The van der Waals surface area contributed by atoms with Gasteiger partial charge >= 0.3 is 6.03 Å². The molecule has 150 valence electrons. The van der Waals surface area contributed by atoms with E-state index in [-0.39, 0.29) is 17.6 Å². The summed E-state index contributed by atoms with van der Waals surface area (Å²) in [6, 6.07) is 4.14. The Bertz CT molecular complexity index is 579. The second kappa shape index (κ2) is 9.54. The Morgan fingerprint density at radius 3 is 2.56 bits per heavy atom. The van der Waals surface area contributed by atoms with Crippen molar-refractivity contribution in [2.75, 3.05) is 26.7 Å². The first-order chi connectivity index (χ1) is 13.1. The number of amides is 2. The number of aromatic nitrogens is 1. The van der Waals surface area contributed by atoms with E-state index in [0.29, 0.717) is 0 Å². The van der Waals surface area contributed by atoms with E-state index in [1.54, 1.807) is 6.20 Å². The Morgan fingerprint density at radius 1 is 1.22 bits per heavy atom. The summed E-state index contributed by atoms with van der Waals surface area (Å²) in [5, 5.41) is 3.49. The van der Waals surface area contributed by atoms with Crippen LogP contribution in [-0.4, -0.2) is 53.0 Å². The van der Waals surface area contributed by atoms with Gasteiger partial charge in [0, 0.05) is 26.0 Å². The molecular formula is C22H36N4O. The van der Waals surface area contributed by atoms with Crippen LogP contribution >= 0.6 is 0 Å². The highest BCUT2D eigenvalue weighted by molar-refractivity contribution is 5.75. The number of pyridine rings is 1. The Kier molecular flexibility index (Phi) is 7.11. The lowest BCUT2D eigenvalue weighted by molar-refractivity contribution is 0.115. The van der Waals surface area contributed by atoms with Crippen molar-refractivity contribution in [1.82, 2.24) is 20.1 Å². The van der Waals surface area contributed by atoms with Crippen molar-refractivity contribution < 1.29 is 4.79 Å². The average molecular weight is 373 g/mol. The van der Waals surface area contributed by atoms with Gasteiger partial charge in [-0.25, -0.2) is 4.79 Å². The first-order valence-electron chi connectivity index (χ1n) is 10.8. The first-order valence-corrected chi connectivity index (χ1v) is 10.8. The maximum absolute atomic E-state index is 13.2. The maximum Gasteiger partial charge on any atom is 0.318 e. The fourth-order valence-electron chi connectivity index (χ4n) is 4.86. The summed E-state index contributed by atoms with van der Waals surface area (Å²) < 4.78 is 0. The summed E-state index contributed by atoms with van der Waals surface area (Å²) in [4.78, 5) is 21.9. The number of hydrogen-bond donors (Lipinski definition) is 1. The van der Waals surface area contributed by atoms with Crippen molar-refractivity contribution in [1.29, 1.82) is 0 Å². The largest absolute Gasteiger partial charge is 0.331 e. The molecule has 0 radical (unpaired) electrons. The number of nitrogens with zero attached hydrogens (tertiary/aromatic N) is 3. The van der Waals surface area contributed by atoms with Crippen LogP contribution in [0.25, 0.3) is 0 Å². The number of hydrogen-bond acceptors (Lipinski definition) is 3. The number of piperidine rings is 1. The molecule has 1 aliphatic heterocycles. The van der Waals surface area contributed by atoms with E-state index in [2.05, 4.69) is 28.2 Å². The topological polar surface area (TPSA) is 48.5 Å². The summed E-state index contributed by atoms with van der Waals surface area (Å²) in [7, 11) is 1.92. The molecule has 0 bridgehead atoms. The zero-order chi connectivity index (χ0) is 19.1. The van der Waals surface area contributed by atoms with Gasteiger partial charge in [-0.1, -0.05) is 38.7 Å². The fourth-order valence-corrected chi connectivity index (χ4v) is 4.86. The summed E-state index contributed by atoms with van der Waals surface area (Å²) in [5.41, 5.74) is 1.04. The lowest BCUT2D eigenvalue weighted by Crippen LogP contribution is -2.59. The van der Waals surface area contributed by atoms with Gasteiger partial charge in [0.1, 0.15) is 0 Å². The quantitative estimate of drug-likeness (QED) is 0.807. The smallest absolute Gasteiger partial charge is 0.318 e. The Labute approximate surface area is 164 Å². The molecule has 3 rings (SSSR count). The van der Waals surface area contributed by atoms with Crippen molar-refractivity contribution in [3.63, 3.8) is 0 Å². The van der Waals surface area contributed by atoms with Gasteiger partial charge in [0.2, 0.25) is 0 Å². The molecule has 5 heteroatoms. The van der Waals surface area contributed by atoms with E-state index in [1.165, 1.54) is 51.6 Å². The number of carbonyl (C=O) groups is 1. The maximum atomic E-state index is 13.2. The van der Waals surface area contributed by atoms with E-state index < -0.39 is 0 Å². The molecule has 2 amide bonds. The minimum Gasteiger partial charge on any atom is -0.331 e. The minimum atomic E-state index is -0.0613. The van der Waals surface area contributed by atoms with Crippen molar-refractivity contribution in [3.05, 3.63) is 30.1 Å². The van der Waals surface area contributed by atoms with E-state index in [9.17, 15) is 4.79 Å². The lowest BCUT2D eigenvalue weighted by atomic mass is 9.81. The Hall–Kier alpha value is -1.62. The molecule has 1 aromatic heterocycles. The fraction of sp³-hybridized carbons (Fsp3) is 0.727. The molecule has 0 aromatic carbocycles. The van der Waals surface area contributed by atoms with Gasteiger partial charge in [-0.2, -0.15) is 0 Å². The van der Waals surface area contributed by atoms with Crippen LogP contribution in [0.2, 0.25) is 0 Å². The van der Waals surface area contributed by atoms with Gasteiger partial charge in [0.15, 0.2) is 0 Å². The van der Waals surface area contributed by atoms with Crippen LogP contribution in [0, 0.1) is 0 Å². The molecule has 0 spiro atoms. The number of carbonyl (C=O) groups excluding carboxylic acids is 1. The predicted octanol–water partition coefficient (Wildman–Crippen LogP) is 4.36. The van der Waals surface area contributed by atoms with E-state index in [0.717, 1.165) is 31.4 Å². The molecule has 1 N–H and O–H groups in total. The van der Waals surface area contributed by atoms with E-state index >= 15 is 0 Å². The van der Waals surface area contributed by atoms with Crippen LogP contribution in [0.1, 0.15) is 76.3 Å². The third-order valence-electron chi connectivity index (χ3n) is 6.40. The highest BCUT2D eigenvalue weighted by atomic mass is 16.2. The number of rotatable bonds is 6. The monoisotopic (exact) mass is 372 g/mol. The van der Waals surface area contributed by atoms with Crippen molar-refractivity contribution in [2.45, 2.75) is 76.3 Å². The highest BCUT2D eigenvalue weighted by Gasteiger charge is 2.37. The number of likely N-dealkylation sites (tertiary alicyclic amines) is 1. The van der Waals surface area contributed by atoms with Gasteiger partial charge in [-0.05, 0) is 56.8 Å². The number of urea groups is 1. The van der Waals surface area contributed by atoms with Crippen LogP contribution in [0.5, 0.6) is 0 Å². The van der Waals surface area contributed by atoms with Crippen molar-refractivity contribution >= 4 is 6.03 Å². The molecule has 27 heavy (non-hydrogen) atoms. The molecule has 1 aromatic rings. The van der Waals surface area contributed by atoms with Crippen molar-refractivity contribution in [3.8, 4) is 0 Å². The van der Waals surface area contributed by atoms with E-state index in [1.807, 2.05) is 24.2 Å². The third kappa shape index (κ3) is 5.22. The molecule has 5 nitrogen and oxygen atoms in total. The predicted molar refractivity (Wildman–Crippen MR) is 110 cm³/mol. The molecule has 1 saturated heterocycles. The highest BCUT2D eigenvalue weighted by Crippen LogP contribution is 2.31. The third-order valence-corrected chi connectivity index (χ3v) is 6.40. The molecule has 0 unspecified atom stereocenters. The van der Waals surface area contributed by atoms with Crippen LogP contribution in [0.15, 0.2) is 24.5 Å². The molecule has 2 heterocycles. The van der Waals surface area contributed by atoms with E-state index in [4.69, 9.17) is 0 Å². The van der Waals surface area contributed by atoms with Gasteiger partial charge < -0.3 is 15.1 Å². The van der Waals surface area contributed by atoms with Gasteiger partial charge in [-0.15, -0.1) is 0 Å². The molecule has 1 atom stereocenters.